The Hall–Kier alpha value is -2.75. The number of hydrogen-bond acceptors (Lipinski definition) is 3. The Kier molecular flexibility index (Phi) is 6.01. The van der Waals surface area contributed by atoms with Crippen LogP contribution in [0.15, 0.2) is 60.7 Å². The summed E-state index contributed by atoms with van der Waals surface area (Å²) in [5.41, 5.74) is 2.51. The van der Waals surface area contributed by atoms with Crippen LogP contribution in [0.1, 0.15) is 35.8 Å². The fourth-order valence-corrected chi connectivity index (χ4v) is 2.19. The lowest BCUT2D eigenvalue weighted by atomic mass is 10.1. The van der Waals surface area contributed by atoms with E-state index in [1.54, 1.807) is 25.3 Å². The summed E-state index contributed by atoms with van der Waals surface area (Å²) in [4.78, 5) is 12.4. The molecule has 0 unspecified atom stereocenters. The molecular weight excluding hydrogens is 302 g/mol. The highest BCUT2D eigenvalue weighted by molar-refractivity contribution is 5.94. The van der Waals surface area contributed by atoms with Crippen LogP contribution < -0.4 is 14.8 Å². The molecule has 24 heavy (non-hydrogen) atoms. The minimum absolute atomic E-state index is 0.108. The summed E-state index contributed by atoms with van der Waals surface area (Å²) in [7, 11) is 1.63. The highest BCUT2D eigenvalue weighted by atomic mass is 16.5. The smallest absolute Gasteiger partial charge is 0.251 e. The summed E-state index contributed by atoms with van der Waals surface area (Å²) in [6.07, 6.45) is 0. The topological polar surface area (TPSA) is 47.6 Å². The van der Waals surface area contributed by atoms with Crippen LogP contribution in [-0.4, -0.2) is 19.6 Å². The van der Waals surface area contributed by atoms with Gasteiger partial charge in [0.15, 0.2) is 0 Å². The molecule has 1 atom stereocenters. The Morgan fingerprint density at radius 2 is 1.88 bits per heavy atom. The molecule has 0 aliphatic carbocycles. The third-order valence-electron chi connectivity index (χ3n) is 3.54. The maximum Gasteiger partial charge on any atom is 0.251 e. The molecule has 0 bridgehead atoms. The Labute approximate surface area is 143 Å². The van der Waals surface area contributed by atoms with E-state index in [0.717, 1.165) is 16.9 Å². The summed E-state index contributed by atoms with van der Waals surface area (Å²) in [6.45, 7) is 8.08. The lowest BCUT2D eigenvalue weighted by Gasteiger charge is -2.15. The predicted molar refractivity (Wildman–Crippen MR) is 95.6 cm³/mol. The highest BCUT2D eigenvalue weighted by Crippen LogP contribution is 2.19. The van der Waals surface area contributed by atoms with Gasteiger partial charge in [-0.05, 0) is 55.3 Å². The number of rotatable bonds is 7. The van der Waals surface area contributed by atoms with Crippen LogP contribution >= 0.6 is 0 Å². The van der Waals surface area contributed by atoms with Crippen molar-refractivity contribution < 1.29 is 14.3 Å². The minimum atomic E-state index is -0.140. The van der Waals surface area contributed by atoms with E-state index in [4.69, 9.17) is 9.47 Å². The number of ether oxygens (including phenoxy) is 2. The van der Waals surface area contributed by atoms with Gasteiger partial charge < -0.3 is 14.8 Å². The summed E-state index contributed by atoms with van der Waals surface area (Å²) in [5, 5.41) is 2.99. The van der Waals surface area contributed by atoms with E-state index in [1.165, 1.54) is 0 Å². The number of carbonyl (C=O) groups is 1. The second-order valence-electron chi connectivity index (χ2n) is 5.74. The molecule has 0 spiro atoms. The van der Waals surface area contributed by atoms with Gasteiger partial charge in [-0.3, -0.25) is 4.79 Å². The molecule has 0 saturated carbocycles. The highest BCUT2D eigenvalue weighted by Gasteiger charge is 2.12. The molecule has 4 heteroatoms. The van der Waals surface area contributed by atoms with Crippen molar-refractivity contribution in [3.8, 4) is 11.5 Å². The molecule has 0 aliphatic rings. The van der Waals surface area contributed by atoms with Gasteiger partial charge in [0.05, 0.1) is 13.2 Å². The van der Waals surface area contributed by atoms with E-state index < -0.39 is 0 Å². The van der Waals surface area contributed by atoms with E-state index in [1.807, 2.05) is 44.2 Å². The first-order valence-electron chi connectivity index (χ1n) is 7.81. The van der Waals surface area contributed by atoms with Crippen LogP contribution in [0, 0.1) is 0 Å². The third kappa shape index (κ3) is 4.88. The fraction of sp³-hybridized carbons (Fsp3) is 0.250. The van der Waals surface area contributed by atoms with Crippen LogP contribution in [0.2, 0.25) is 0 Å². The lowest BCUT2D eigenvalue weighted by Crippen LogP contribution is -2.26. The van der Waals surface area contributed by atoms with Gasteiger partial charge in [0, 0.05) is 5.56 Å². The van der Waals surface area contributed by atoms with E-state index in [0.29, 0.717) is 17.9 Å². The lowest BCUT2D eigenvalue weighted by molar-refractivity contribution is 0.0939. The summed E-state index contributed by atoms with van der Waals surface area (Å²) in [5.74, 6) is 1.31. The molecule has 2 aromatic rings. The van der Waals surface area contributed by atoms with E-state index in [9.17, 15) is 4.79 Å². The molecule has 1 amide bonds. The van der Waals surface area contributed by atoms with E-state index in [-0.39, 0.29) is 11.9 Å². The summed E-state index contributed by atoms with van der Waals surface area (Å²) in [6, 6.07) is 14.7. The number of methoxy groups -OCH3 is 1. The first kappa shape index (κ1) is 17.6. The zero-order chi connectivity index (χ0) is 17.5. The van der Waals surface area contributed by atoms with Gasteiger partial charge >= 0.3 is 0 Å². The maximum atomic E-state index is 12.4. The van der Waals surface area contributed by atoms with Crippen LogP contribution in [0.25, 0.3) is 0 Å². The van der Waals surface area contributed by atoms with Gasteiger partial charge in [0.2, 0.25) is 0 Å². The molecule has 2 rings (SSSR count). The van der Waals surface area contributed by atoms with Crippen molar-refractivity contribution in [3.05, 3.63) is 71.8 Å². The van der Waals surface area contributed by atoms with Crippen LogP contribution in [-0.2, 0) is 0 Å². The third-order valence-corrected chi connectivity index (χ3v) is 3.54. The van der Waals surface area contributed by atoms with Crippen molar-refractivity contribution in [1.82, 2.24) is 5.32 Å². The number of benzene rings is 2. The SMILES string of the molecule is C=C(C)COc1cccc(C(=O)N[C@@H](C)c2ccc(OC)cc2)c1. The zero-order valence-electron chi connectivity index (χ0n) is 14.3. The normalized spacial score (nSPS) is 11.5. The van der Waals surface area contributed by atoms with Gasteiger partial charge in [0.25, 0.3) is 5.91 Å². The fourth-order valence-electron chi connectivity index (χ4n) is 2.19. The average Bonchev–Trinajstić information content (AvgIpc) is 2.60. The summed E-state index contributed by atoms with van der Waals surface area (Å²) < 4.78 is 10.7. The standard InChI is InChI=1S/C20H23NO3/c1-14(2)13-24-19-7-5-6-17(12-19)20(22)21-15(3)16-8-10-18(23-4)11-9-16/h5-12,15H,1,13H2,2-4H3,(H,21,22)/t15-/m0/s1. The molecule has 2 aromatic carbocycles. The Balaban J connectivity index is 2.02. The molecule has 0 fully saturated rings. The monoisotopic (exact) mass is 325 g/mol. The van der Waals surface area contributed by atoms with E-state index >= 15 is 0 Å². The van der Waals surface area contributed by atoms with Gasteiger partial charge in [-0.2, -0.15) is 0 Å². The quantitative estimate of drug-likeness (QED) is 0.778. The number of carbonyl (C=O) groups excluding carboxylic acids is 1. The van der Waals surface area contributed by atoms with Crippen molar-refractivity contribution in [2.45, 2.75) is 19.9 Å². The number of nitrogens with one attached hydrogen (secondary N) is 1. The Morgan fingerprint density at radius 1 is 1.17 bits per heavy atom. The van der Waals surface area contributed by atoms with Crippen molar-refractivity contribution in [1.29, 1.82) is 0 Å². The van der Waals surface area contributed by atoms with Crippen LogP contribution in [0.3, 0.4) is 0 Å². The average molecular weight is 325 g/mol. The van der Waals surface area contributed by atoms with E-state index in [2.05, 4.69) is 11.9 Å². The second kappa shape index (κ2) is 8.20. The molecule has 126 valence electrons. The predicted octanol–water partition coefficient (Wildman–Crippen LogP) is 4.14. The maximum absolute atomic E-state index is 12.4. The number of amides is 1. The first-order valence-corrected chi connectivity index (χ1v) is 7.81. The number of hydrogen-bond donors (Lipinski definition) is 1. The van der Waals surface area contributed by atoms with Gasteiger partial charge in [-0.15, -0.1) is 0 Å². The Bertz CT molecular complexity index is 707. The molecule has 1 N–H and O–H groups in total. The first-order chi connectivity index (χ1) is 11.5. The minimum Gasteiger partial charge on any atom is -0.497 e. The van der Waals surface area contributed by atoms with Gasteiger partial charge in [0.1, 0.15) is 18.1 Å². The molecule has 0 aromatic heterocycles. The summed E-state index contributed by atoms with van der Waals surface area (Å²) >= 11 is 0. The zero-order valence-corrected chi connectivity index (χ0v) is 14.3. The molecule has 0 saturated heterocycles. The Morgan fingerprint density at radius 3 is 2.50 bits per heavy atom. The van der Waals surface area contributed by atoms with Crippen molar-refractivity contribution >= 4 is 5.91 Å². The van der Waals surface area contributed by atoms with Gasteiger partial charge in [-0.25, -0.2) is 0 Å². The molecular formula is C20H23NO3. The molecule has 0 heterocycles. The largest absolute Gasteiger partial charge is 0.497 e. The van der Waals surface area contributed by atoms with Gasteiger partial charge in [-0.1, -0.05) is 24.8 Å². The van der Waals surface area contributed by atoms with Crippen LogP contribution in [0.4, 0.5) is 0 Å². The second-order valence-corrected chi connectivity index (χ2v) is 5.74. The van der Waals surface area contributed by atoms with Crippen molar-refractivity contribution in [3.63, 3.8) is 0 Å². The van der Waals surface area contributed by atoms with Crippen molar-refractivity contribution in [2.24, 2.45) is 0 Å². The van der Waals surface area contributed by atoms with Crippen molar-refractivity contribution in [2.75, 3.05) is 13.7 Å². The molecule has 0 radical (unpaired) electrons. The molecule has 4 nitrogen and oxygen atoms in total. The van der Waals surface area contributed by atoms with Crippen LogP contribution in [0.5, 0.6) is 11.5 Å². The molecule has 0 aliphatic heterocycles.